The lowest BCUT2D eigenvalue weighted by molar-refractivity contribution is 0.671. The highest BCUT2D eigenvalue weighted by Crippen LogP contribution is 2.65. The fourth-order valence-corrected chi connectivity index (χ4v) is 11.7. The van der Waals surface area contributed by atoms with Gasteiger partial charge >= 0.3 is 0 Å². The molecule has 0 saturated carbocycles. The van der Waals surface area contributed by atoms with E-state index in [0.717, 1.165) is 61.3 Å². The minimum Gasteiger partial charge on any atom is -0.455 e. The third-order valence-electron chi connectivity index (χ3n) is 14.5. The maximum atomic E-state index is 7.27. The van der Waals surface area contributed by atoms with Gasteiger partial charge in [-0.1, -0.05) is 212 Å². The van der Waals surface area contributed by atoms with Gasteiger partial charge in [0.05, 0.1) is 22.2 Å². The Bertz CT molecular complexity index is 3870. The van der Waals surface area contributed by atoms with E-state index in [1.165, 1.54) is 66.4 Å². The van der Waals surface area contributed by atoms with Crippen molar-refractivity contribution in [3.8, 4) is 55.6 Å². The number of nitrogens with zero attached hydrogens (tertiary/aromatic N) is 1. The number of anilines is 3. The number of fused-ring (bicyclic) bond motifs is 14. The van der Waals surface area contributed by atoms with Crippen LogP contribution >= 0.6 is 0 Å². The highest BCUT2D eigenvalue weighted by molar-refractivity contribution is 6.20. The number of para-hydroxylation sites is 1. The van der Waals surface area contributed by atoms with Crippen LogP contribution in [0.2, 0.25) is 0 Å². The van der Waals surface area contributed by atoms with Crippen molar-refractivity contribution in [3.63, 3.8) is 0 Å². The summed E-state index contributed by atoms with van der Waals surface area (Å²) in [5.74, 6) is 0. The second-order valence-electron chi connectivity index (χ2n) is 17.9. The molecule has 312 valence electrons. The number of hydrogen-bond donors (Lipinski definition) is 0. The first-order valence-corrected chi connectivity index (χ1v) is 23.2. The Morgan fingerprint density at radius 3 is 1.55 bits per heavy atom. The Labute approximate surface area is 389 Å². The quantitative estimate of drug-likeness (QED) is 0.166. The summed E-state index contributed by atoms with van der Waals surface area (Å²) in [4.78, 5) is 2.51. The normalized spacial score (nSPS) is 12.9. The summed E-state index contributed by atoms with van der Waals surface area (Å²) in [5, 5.41) is 4.62. The zero-order valence-corrected chi connectivity index (χ0v) is 36.5. The summed E-state index contributed by atoms with van der Waals surface area (Å²) in [6.07, 6.45) is 0. The first kappa shape index (κ1) is 37.6. The second kappa shape index (κ2) is 14.7. The molecule has 2 aliphatic carbocycles. The molecule has 1 spiro atoms. The largest absolute Gasteiger partial charge is 0.455 e. The number of hydrogen-bond acceptors (Lipinski definition) is 2. The lowest BCUT2D eigenvalue weighted by Crippen LogP contribution is -2.26. The molecule has 11 aromatic carbocycles. The van der Waals surface area contributed by atoms with Crippen molar-refractivity contribution in [3.05, 3.63) is 271 Å². The molecule has 0 N–H and O–H groups in total. The Hall–Kier alpha value is -8.72. The summed E-state index contributed by atoms with van der Waals surface area (Å²) in [7, 11) is 0. The average molecular weight is 852 g/mol. The smallest absolute Gasteiger partial charge is 0.145 e. The van der Waals surface area contributed by atoms with E-state index in [9.17, 15) is 0 Å². The van der Waals surface area contributed by atoms with Crippen molar-refractivity contribution >= 4 is 49.8 Å². The van der Waals surface area contributed by atoms with Crippen molar-refractivity contribution < 1.29 is 4.42 Å². The molecule has 0 bridgehead atoms. The Morgan fingerprint density at radius 2 is 0.851 bits per heavy atom. The molecule has 2 heteroatoms. The first-order valence-electron chi connectivity index (χ1n) is 23.2. The van der Waals surface area contributed by atoms with E-state index in [2.05, 4.69) is 254 Å². The van der Waals surface area contributed by atoms with Crippen LogP contribution < -0.4 is 4.90 Å². The molecule has 0 fully saturated rings. The molecule has 67 heavy (non-hydrogen) atoms. The van der Waals surface area contributed by atoms with Crippen molar-refractivity contribution in [1.29, 1.82) is 0 Å². The van der Waals surface area contributed by atoms with Crippen LogP contribution in [0, 0.1) is 0 Å². The second-order valence-corrected chi connectivity index (χ2v) is 17.9. The van der Waals surface area contributed by atoms with Gasteiger partial charge in [-0.15, -0.1) is 0 Å². The molecule has 1 aromatic heterocycles. The van der Waals surface area contributed by atoms with Gasteiger partial charge in [0, 0.05) is 27.8 Å². The lowest BCUT2D eigenvalue weighted by Gasteiger charge is -2.32. The van der Waals surface area contributed by atoms with Crippen LogP contribution in [-0.2, 0) is 5.41 Å². The predicted octanol–water partition coefficient (Wildman–Crippen LogP) is 17.6. The molecule has 0 amide bonds. The van der Waals surface area contributed by atoms with Crippen LogP contribution in [0.1, 0.15) is 22.3 Å². The molecule has 14 rings (SSSR count). The van der Waals surface area contributed by atoms with E-state index < -0.39 is 5.41 Å². The van der Waals surface area contributed by atoms with Gasteiger partial charge in [0.2, 0.25) is 0 Å². The lowest BCUT2D eigenvalue weighted by atomic mass is 9.70. The standard InChI is InChI=1S/C65H41NO/c1-3-18-44(19-4-1)49-26-15-27-54-62-60(40-39-50(64(62)67-63(49)54)45-20-5-2-6-21-45)66(48-37-35-43(36-38-48)47-34-33-42-17-7-8-22-46(42)41-47)59-32-16-31-58-61(59)53-25-11-14-30-57(53)65(58)55-28-12-9-23-51(55)52-24-10-13-29-56(52)65/h1-41H. The first-order chi connectivity index (χ1) is 33.3. The molecule has 0 radical (unpaired) electrons. The van der Waals surface area contributed by atoms with Gasteiger partial charge in [-0.3, -0.25) is 0 Å². The third kappa shape index (κ3) is 5.45. The van der Waals surface area contributed by atoms with Crippen LogP contribution in [0.15, 0.2) is 253 Å². The van der Waals surface area contributed by atoms with E-state index >= 15 is 0 Å². The number of benzene rings is 11. The molecule has 2 nitrogen and oxygen atoms in total. The van der Waals surface area contributed by atoms with E-state index in [0.29, 0.717) is 0 Å². The summed E-state index contributed by atoms with van der Waals surface area (Å²) < 4.78 is 7.27. The van der Waals surface area contributed by atoms with Crippen LogP contribution in [0.5, 0.6) is 0 Å². The van der Waals surface area contributed by atoms with Gasteiger partial charge < -0.3 is 9.32 Å². The predicted molar refractivity (Wildman–Crippen MR) is 279 cm³/mol. The van der Waals surface area contributed by atoms with Crippen molar-refractivity contribution in [1.82, 2.24) is 0 Å². The molecule has 0 saturated heterocycles. The summed E-state index contributed by atoms with van der Waals surface area (Å²) in [6.45, 7) is 0. The molecule has 2 aliphatic rings. The maximum Gasteiger partial charge on any atom is 0.145 e. The Kier molecular flexibility index (Phi) is 8.23. The minimum atomic E-state index is -0.486. The van der Waals surface area contributed by atoms with Crippen LogP contribution in [-0.4, -0.2) is 0 Å². The SMILES string of the molecule is c1ccc(-c2cccc3c2oc2c(-c4ccccc4)ccc(N(c4ccc(-c5ccc6ccccc6c5)cc4)c4cccc5c4-c4ccccc4C54c5ccccc5-c5ccccc54)c23)cc1. The topological polar surface area (TPSA) is 16.4 Å². The number of rotatable bonds is 6. The molecular weight excluding hydrogens is 811 g/mol. The molecule has 0 aliphatic heterocycles. The van der Waals surface area contributed by atoms with Crippen LogP contribution in [0.25, 0.3) is 88.3 Å². The number of furan rings is 1. The highest BCUT2D eigenvalue weighted by Gasteiger charge is 2.52. The Morgan fingerprint density at radius 1 is 0.313 bits per heavy atom. The van der Waals surface area contributed by atoms with Crippen molar-refractivity contribution in [2.24, 2.45) is 0 Å². The molecule has 1 heterocycles. The highest BCUT2D eigenvalue weighted by atomic mass is 16.3. The van der Waals surface area contributed by atoms with Gasteiger partial charge in [0.15, 0.2) is 0 Å². The average Bonchev–Trinajstić information content (AvgIpc) is 4.05. The summed E-state index contributed by atoms with van der Waals surface area (Å²) in [5.41, 5.74) is 21.5. The van der Waals surface area contributed by atoms with Gasteiger partial charge in [-0.25, -0.2) is 0 Å². The maximum absolute atomic E-state index is 7.27. The fourth-order valence-electron chi connectivity index (χ4n) is 11.7. The van der Waals surface area contributed by atoms with E-state index in [-0.39, 0.29) is 0 Å². The summed E-state index contributed by atoms with van der Waals surface area (Å²) in [6, 6.07) is 91.1. The monoisotopic (exact) mass is 851 g/mol. The molecule has 0 unspecified atom stereocenters. The zero-order chi connectivity index (χ0) is 44.1. The fraction of sp³-hybridized carbons (Fsp3) is 0.0154. The third-order valence-corrected chi connectivity index (χ3v) is 14.5. The van der Waals surface area contributed by atoms with E-state index in [4.69, 9.17) is 4.42 Å². The van der Waals surface area contributed by atoms with Gasteiger partial charge in [0.1, 0.15) is 11.2 Å². The zero-order valence-electron chi connectivity index (χ0n) is 36.5. The minimum absolute atomic E-state index is 0.486. The van der Waals surface area contributed by atoms with Crippen molar-refractivity contribution in [2.45, 2.75) is 5.41 Å². The van der Waals surface area contributed by atoms with Crippen molar-refractivity contribution in [2.75, 3.05) is 4.90 Å². The van der Waals surface area contributed by atoms with E-state index in [1.807, 2.05) is 0 Å². The van der Waals surface area contributed by atoms with E-state index in [1.54, 1.807) is 0 Å². The van der Waals surface area contributed by atoms with Gasteiger partial charge in [-0.05, 0) is 108 Å². The Balaban J connectivity index is 1.07. The van der Waals surface area contributed by atoms with Gasteiger partial charge in [0.25, 0.3) is 0 Å². The van der Waals surface area contributed by atoms with Gasteiger partial charge in [-0.2, -0.15) is 0 Å². The molecular formula is C65H41NO. The van der Waals surface area contributed by atoms with Crippen LogP contribution in [0.3, 0.4) is 0 Å². The van der Waals surface area contributed by atoms with Crippen LogP contribution in [0.4, 0.5) is 17.1 Å². The molecule has 0 atom stereocenters. The molecule has 12 aromatic rings. The summed E-state index contributed by atoms with van der Waals surface area (Å²) >= 11 is 0.